The van der Waals surface area contributed by atoms with Crippen molar-refractivity contribution in [1.29, 1.82) is 0 Å². The van der Waals surface area contributed by atoms with Crippen LogP contribution in [0.2, 0.25) is 0 Å². The predicted molar refractivity (Wildman–Crippen MR) is 111 cm³/mol. The molecule has 1 atom stereocenters. The summed E-state index contributed by atoms with van der Waals surface area (Å²) in [4.78, 5) is 11.3. The highest BCUT2D eigenvalue weighted by molar-refractivity contribution is 5.86. The van der Waals surface area contributed by atoms with Gasteiger partial charge in [0, 0.05) is 5.57 Å². The molecule has 0 aromatic carbocycles. The van der Waals surface area contributed by atoms with E-state index in [4.69, 9.17) is 4.74 Å². The van der Waals surface area contributed by atoms with Crippen LogP contribution in [0, 0.1) is 0 Å². The number of hydrogen-bond donors (Lipinski definition) is 1. The summed E-state index contributed by atoms with van der Waals surface area (Å²) in [5, 5.41) is 10.7. The van der Waals surface area contributed by atoms with Gasteiger partial charge in [-0.05, 0) is 32.6 Å². The van der Waals surface area contributed by atoms with Crippen molar-refractivity contribution in [3.63, 3.8) is 0 Å². The Balaban J connectivity index is 3.61. The smallest absolute Gasteiger partial charge is 0.333 e. The van der Waals surface area contributed by atoms with Crippen LogP contribution in [-0.4, -0.2) is 23.3 Å². The molecule has 0 saturated heterocycles. The molecule has 3 nitrogen and oxygen atoms in total. The van der Waals surface area contributed by atoms with Crippen LogP contribution in [0.15, 0.2) is 12.2 Å². The molecule has 0 spiro atoms. The number of unbranched alkanes of at least 4 members (excludes halogenated alkanes) is 10. The van der Waals surface area contributed by atoms with E-state index >= 15 is 0 Å². The highest BCUT2D eigenvalue weighted by Gasteiger charge is 2.23. The van der Waals surface area contributed by atoms with Gasteiger partial charge in [-0.2, -0.15) is 0 Å². The van der Waals surface area contributed by atoms with Crippen molar-refractivity contribution in [2.75, 3.05) is 6.61 Å². The Bertz CT molecular complexity index is 364. The van der Waals surface area contributed by atoms with E-state index in [1.807, 2.05) is 6.92 Å². The Labute approximate surface area is 162 Å². The zero-order valence-electron chi connectivity index (χ0n) is 17.8. The molecule has 0 aliphatic carbocycles. The molecule has 0 aliphatic heterocycles. The number of rotatable bonds is 18. The second kappa shape index (κ2) is 16.4. The molecule has 1 N–H and O–H groups in total. The zero-order chi connectivity index (χ0) is 19.7. The van der Waals surface area contributed by atoms with E-state index < -0.39 is 5.60 Å². The number of ether oxygens (including phenoxy) is 1. The Morgan fingerprint density at radius 2 is 1.31 bits per heavy atom. The van der Waals surface area contributed by atoms with Crippen LogP contribution in [0.25, 0.3) is 0 Å². The van der Waals surface area contributed by atoms with E-state index in [2.05, 4.69) is 13.5 Å². The summed E-state index contributed by atoms with van der Waals surface area (Å²) >= 11 is 0. The first-order valence-corrected chi connectivity index (χ1v) is 11.0. The van der Waals surface area contributed by atoms with Crippen molar-refractivity contribution in [2.45, 2.75) is 123 Å². The quantitative estimate of drug-likeness (QED) is 0.166. The van der Waals surface area contributed by atoms with Gasteiger partial charge in [-0.3, -0.25) is 0 Å². The van der Waals surface area contributed by atoms with Crippen LogP contribution in [0.5, 0.6) is 0 Å². The molecule has 26 heavy (non-hydrogen) atoms. The van der Waals surface area contributed by atoms with Crippen molar-refractivity contribution in [3.05, 3.63) is 12.2 Å². The minimum absolute atomic E-state index is 0.338. The summed E-state index contributed by atoms with van der Waals surface area (Å²) in [5.74, 6) is -0.338. The van der Waals surface area contributed by atoms with E-state index in [0.29, 0.717) is 25.0 Å². The van der Waals surface area contributed by atoms with Gasteiger partial charge in [-0.25, -0.2) is 4.79 Å². The van der Waals surface area contributed by atoms with E-state index in [0.717, 1.165) is 19.3 Å². The SMILES string of the molecule is C=C(C)C(=O)OCCCC(O)(CC)CCCCCCCCCCCCC. The Hall–Kier alpha value is -0.830. The maximum atomic E-state index is 11.3. The molecule has 0 rings (SSSR count). The van der Waals surface area contributed by atoms with Crippen LogP contribution < -0.4 is 0 Å². The van der Waals surface area contributed by atoms with Gasteiger partial charge < -0.3 is 9.84 Å². The maximum Gasteiger partial charge on any atom is 0.333 e. The summed E-state index contributed by atoms with van der Waals surface area (Å²) in [7, 11) is 0. The highest BCUT2D eigenvalue weighted by atomic mass is 16.5. The average molecular weight is 369 g/mol. The summed E-state index contributed by atoms with van der Waals surface area (Å²) in [6, 6.07) is 0. The largest absolute Gasteiger partial charge is 0.462 e. The first-order chi connectivity index (χ1) is 12.4. The van der Waals surface area contributed by atoms with E-state index in [1.54, 1.807) is 6.92 Å². The van der Waals surface area contributed by atoms with Gasteiger partial charge >= 0.3 is 5.97 Å². The molecule has 154 valence electrons. The molecular weight excluding hydrogens is 324 g/mol. The average Bonchev–Trinajstić information content (AvgIpc) is 2.63. The Morgan fingerprint density at radius 3 is 1.77 bits per heavy atom. The van der Waals surface area contributed by atoms with E-state index in [1.165, 1.54) is 64.2 Å². The Morgan fingerprint density at radius 1 is 0.846 bits per heavy atom. The molecule has 3 heteroatoms. The lowest BCUT2D eigenvalue weighted by Crippen LogP contribution is -2.28. The lowest BCUT2D eigenvalue weighted by Gasteiger charge is -2.26. The van der Waals surface area contributed by atoms with Gasteiger partial charge in [0.25, 0.3) is 0 Å². The van der Waals surface area contributed by atoms with Gasteiger partial charge in [0.05, 0.1) is 12.2 Å². The normalized spacial score (nSPS) is 13.4. The summed E-state index contributed by atoms with van der Waals surface area (Å²) in [6.07, 6.45) is 17.6. The molecule has 0 aromatic rings. The third-order valence-corrected chi connectivity index (χ3v) is 5.27. The second-order valence-corrected chi connectivity index (χ2v) is 7.88. The molecule has 0 aromatic heterocycles. The second-order valence-electron chi connectivity index (χ2n) is 7.88. The van der Waals surface area contributed by atoms with E-state index in [-0.39, 0.29) is 5.97 Å². The number of carbonyl (C=O) groups is 1. The van der Waals surface area contributed by atoms with Crippen LogP contribution in [0.4, 0.5) is 0 Å². The monoisotopic (exact) mass is 368 g/mol. The lowest BCUT2D eigenvalue weighted by atomic mass is 9.88. The third kappa shape index (κ3) is 14.4. The minimum atomic E-state index is -0.602. The lowest BCUT2D eigenvalue weighted by molar-refractivity contribution is -0.139. The highest BCUT2D eigenvalue weighted by Crippen LogP contribution is 2.25. The maximum absolute atomic E-state index is 11.3. The minimum Gasteiger partial charge on any atom is -0.462 e. The van der Waals surface area contributed by atoms with Crippen molar-refractivity contribution in [1.82, 2.24) is 0 Å². The molecular formula is C23H44O3. The molecule has 0 heterocycles. The number of esters is 1. The van der Waals surface area contributed by atoms with Crippen LogP contribution in [0.3, 0.4) is 0 Å². The third-order valence-electron chi connectivity index (χ3n) is 5.27. The van der Waals surface area contributed by atoms with E-state index in [9.17, 15) is 9.90 Å². The van der Waals surface area contributed by atoms with Crippen molar-refractivity contribution >= 4 is 5.97 Å². The fourth-order valence-electron chi connectivity index (χ4n) is 3.29. The summed E-state index contributed by atoms with van der Waals surface area (Å²) in [5.41, 5.74) is -0.175. The number of carbonyl (C=O) groups excluding carboxylic acids is 1. The molecule has 0 amide bonds. The molecule has 0 aliphatic rings. The molecule has 0 saturated carbocycles. The fraction of sp³-hybridized carbons (Fsp3) is 0.870. The van der Waals surface area contributed by atoms with Crippen LogP contribution in [0.1, 0.15) is 117 Å². The first-order valence-electron chi connectivity index (χ1n) is 11.0. The fourth-order valence-corrected chi connectivity index (χ4v) is 3.29. The zero-order valence-corrected chi connectivity index (χ0v) is 17.8. The van der Waals surface area contributed by atoms with Gasteiger partial charge in [-0.15, -0.1) is 0 Å². The Kier molecular flexibility index (Phi) is 15.8. The molecule has 0 radical (unpaired) electrons. The first kappa shape index (κ1) is 25.2. The molecule has 0 fully saturated rings. The van der Waals surface area contributed by atoms with Gasteiger partial charge in [0.15, 0.2) is 0 Å². The number of hydrogen-bond acceptors (Lipinski definition) is 3. The van der Waals surface area contributed by atoms with Gasteiger partial charge in [-0.1, -0.05) is 91.1 Å². The van der Waals surface area contributed by atoms with Crippen molar-refractivity contribution in [3.8, 4) is 0 Å². The summed E-state index contributed by atoms with van der Waals surface area (Å²) in [6.45, 7) is 9.89. The van der Waals surface area contributed by atoms with Crippen LogP contribution in [-0.2, 0) is 9.53 Å². The molecule has 0 bridgehead atoms. The van der Waals surface area contributed by atoms with Gasteiger partial charge in [0.1, 0.15) is 0 Å². The van der Waals surface area contributed by atoms with Crippen LogP contribution >= 0.6 is 0 Å². The predicted octanol–water partition coefficient (Wildman–Crippen LogP) is 6.73. The molecule has 1 unspecified atom stereocenters. The summed E-state index contributed by atoms with van der Waals surface area (Å²) < 4.78 is 5.11. The topological polar surface area (TPSA) is 46.5 Å². The van der Waals surface area contributed by atoms with Crippen molar-refractivity contribution < 1.29 is 14.6 Å². The van der Waals surface area contributed by atoms with Crippen molar-refractivity contribution in [2.24, 2.45) is 0 Å². The van der Waals surface area contributed by atoms with Gasteiger partial charge in [0.2, 0.25) is 0 Å². The number of aliphatic hydroxyl groups is 1. The standard InChI is InChI=1S/C23H44O3/c1-5-7-8-9-10-11-12-13-14-15-16-18-23(25,6-2)19-17-20-26-22(24)21(3)4/h25H,3,5-20H2,1-2,4H3.